The van der Waals surface area contributed by atoms with E-state index in [1.165, 1.54) is 6.33 Å². The maximum atomic E-state index is 12.4. The van der Waals surface area contributed by atoms with Crippen LogP contribution in [0.4, 0.5) is 10.6 Å². The Morgan fingerprint density at radius 3 is 2.59 bits per heavy atom. The number of nitrogens with zero attached hydrogens (tertiary/aromatic N) is 4. The molecule has 2 aromatic heterocycles. The highest BCUT2D eigenvalue weighted by atomic mass is 16.8. The van der Waals surface area contributed by atoms with E-state index in [4.69, 9.17) is 23.7 Å². The van der Waals surface area contributed by atoms with Gasteiger partial charge in [0.2, 0.25) is 0 Å². The molecule has 2 aliphatic heterocycles. The number of fused-ring (bicyclic) bond motifs is 2. The summed E-state index contributed by atoms with van der Waals surface area (Å²) in [4.78, 5) is 38.1. The third-order valence-electron chi connectivity index (χ3n) is 7.75. The molecule has 4 aromatic rings. The fraction of sp³-hybridized carbons (Fsp3) is 0.387. The van der Waals surface area contributed by atoms with Crippen LogP contribution in [0.3, 0.4) is 0 Å². The van der Waals surface area contributed by atoms with Gasteiger partial charge in [-0.3, -0.25) is 9.88 Å². The normalized spacial score (nSPS) is 24.2. The number of rotatable bonds is 10. The smallest absolute Gasteiger partial charge is 0.338 e. The summed E-state index contributed by atoms with van der Waals surface area (Å²) in [6.07, 6.45) is 2.18. The number of carbonyl (C=O) groups is 2. The summed E-state index contributed by atoms with van der Waals surface area (Å²) in [6.45, 7) is 2.41. The van der Waals surface area contributed by atoms with Crippen molar-refractivity contribution in [3.63, 3.8) is 0 Å². The molecule has 2 amide bonds. The zero-order valence-electron chi connectivity index (χ0n) is 24.0. The molecule has 2 N–H and O–H groups in total. The number of hydrogen-bond donors (Lipinski definition) is 2. The summed E-state index contributed by atoms with van der Waals surface area (Å²) in [7, 11) is 0. The van der Waals surface area contributed by atoms with Crippen LogP contribution in [0.2, 0.25) is 0 Å². The van der Waals surface area contributed by atoms with E-state index in [0.717, 1.165) is 18.4 Å². The molecule has 44 heavy (non-hydrogen) atoms. The molecular weight excluding hydrogens is 568 g/mol. The fourth-order valence-electron chi connectivity index (χ4n) is 5.49. The molecule has 1 saturated carbocycles. The average Bonchev–Trinajstić information content (AvgIpc) is 3.43. The van der Waals surface area contributed by atoms with Crippen molar-refractivity contribution < 1.29 is 33.3 Å². The van der Waals surface area contributed by atoms with Gasteiger partial charge in [-0.1, -0.05) is 48.5 Å². The number of aromatic nitrogens is 4. The summed E-state index contributed by atoms with van der Waals surface area (Å²) in [5.41, 5.74) is 2.96. The Balaban J connectivity index is 1.12. The Kier molecular flexibility index (Phi) is 7.91. The van der Waals surface area contributed by atoms with Crippen molar-refractivity contribution >= 4 is 29.0 Å². The number of amides is 2. The van der Waals surface area contributed by atoms with E-state index in [1.54, 1.807) is 30.0 Å². The minimum absolute atomic E-state index is 0.176. The van der Waals surface area contributed by atoms with E-state index in [-0.39, 0.29) is 31.9 Å². The molecule has 228 valence electrons. The predicted molar refractivity (Wildman–Crippen MR) is 155 cm³/mol. The maximum absolute atomic E-state index is 12.4. The van der Waals surface area contributed by atoms with Gasteiger partial charge in [0.1, 0.15) is 24.6 Å². The lowest BCUT2D eigenvalue weighted by Gasteiger charge is -2.21. The molecule has 5 atom stereocenters. The number of esters is 1. The molecule has 2 saturated heterocycles. The molecule has 0 spiro atoms. The van der Waals surface area contributed by atoms with Crippen LogP contribution in [-0.2, 0) is 30.3 Å². The zero-order chi connectivity index (χ0) is 30.0. The molecule has 13 nitrogen and oxygen atoms in total. The van der Waals surface area contributed by atoms with Crippen molar-refractivity contribution in [3.05, 3.63) is 83.9 Å². The van der Waals surface area contributed by atoms with Gasteiger partial charge in [-0.25, -0.2) is 24.5 Å². The predicted octanol–water partition coefficient (Wildman–Crippen LogP) is 3.88. The Labute approximate surface area is 252 Å². The van der Waals surface area contributed by atoms with Crippen LogP contribution >= 0.6 is 0 Å². The van der Waals surface area contributed by atoms with Crippen molar-refractivity contribution in [1.82, 2.24) is 24.8 Å². The van der Waals surface area contributed by atoms with Crippen LogP contribution in [0.1, 0.15) is 53.8 Å². The largest absolute Gasteiger partial charge is 0.462 e. The van der Waals surface area contributed by atoms with Gasteiger partial charge in [0, 0.05) is 11.6 Å². The Morgan fingerprint density at radius 1 is 0.977 bits per heavy atom. The van der Waals surface area contributed by atoms with Gasteiger partial charge >= 0.3 is 12.0 Å². The minimum atomic E-state index is -0.651. The monoisotopic (exact) mass is 600 g/mol. The Hall–Kier alpha value is -4.43. The number of imidazole rings is 1. The maximum Gasteiger partial charge on any atom is 0.338 e. The molecule has 3 aliphatic rings. The Morgan fingerprint density at radius 2 is 1.77 bits per heavy atom. The van der Waals surface area contributed by atoms with Crippen LogP contribution in [0.15, 0.2) is 67.3 Å². The van der Waals surface area contributed by atoms with Crippen LogP contribution < -0.4 is 10.6 Å². The molecule has 3 fully saturated rings. The Bertz CT molecular complexity index is 1650. The van der Waals surface area contributed by atoms with Crippen LogP contribution in [0.25, 0.3) is 11.2 Å². The van der Waals surface area contributed by atoms with Crippen LogP contribution in [-0.4, -0.2) is 69.1 Å². The van der Waals surface area contributed by atoms with Crippen molar-refractivity contribution in [1.29, 1.82) is 0 Å². The van der Waals surface area contributed by atoms with Gasteiger partial charge in [-0.2, -0.15) is 0 Å². The molecular formula is C31H32N6O7. The first kappa shape index (κ1) is 28.3. The molecule has 13 heteroatoms. The number of urea groups is 1. The summed E-state index contributed by atoms with van der Waals surface area (Å²) < 4.78 is 32.4. The topological polar surface area (TPSA) is 148 Å². The molecule has 4 heterocycles. The van der Waals surface area contributed by atoms with Gasteiger partial charge in [0.05, 0.1) is 31.7 Å². The first-order valence-corrected chi connectivity index (χ1v) is 14.7. The molecule has 7 rings (SSSR count). The summed E-state index contributed by atoms with van der Waals surface area (Å²) in [5.74, 6) is -0.0950. The quantitative estimate of drug-likeness (QED) is 0.257. The lowest BCUT2D eigenvalue weighted by molar-refractivity contribution is -0.158. The van der Waals surface area contributed by atoms with E-state index in [2.05, 4.69) is 25.6 Å². The van der Waals surface area contributed by atoms with E-state index in [0.29, 0.717) is 28.1 Å². The number of nitrogens with one attached hydrogen (secondary N) is 2. The van der Waals surface area contributed by atoms with Crippen molar-refractivity contribution in [3.8, 4) is 0 Å². The second-order valence-electron chi connectivity index (χ2n) is 10.8. The second-order valence-corrected chi connectivity index (χ2v) is 10.8. The number of anilines is 1. The molecule has 0 radical (unpaired) electrons. The second kappa shape index (κ2) is 12.3. The third-order valence-corrected chi connectivity index (χ3v) is 7.75. The number of hydrogen-bond acceptors (Lipinski definition) is 10. The highest BCUT2D eigenvalue weighted by Crippen LogP contribution is 2.45. The van der Waals surface area contributed by atoms with E-state index in [1.807, 2.05) is 42.5 Å². The van der Waals surface area contributed by atoms with E-state index >= 15 is 0 Å². The van der Waals surface area contributed by atoms with Gasteiger partial charge in [-0.05, 0) is 31.4 Å². The minimum Gasteiger partial charge on any atom is -0.462 e. The van der Waals surface area contributed by atoms with Crippen molar-refractivity contribution in [2.75, 3.05) is 18.5 Å². The summed E-state index contributed by atoms with van der Waals surface area (Å²) in [6, 6.07) is 16.8. The fourth-order valence-corrected chi connectivity index (χ4v) is 5.49. The highest BCUT2D eigenvalue weighted by Gasteiger charge is 2.54. The number of benzene rings is 2. The number of carbonyl (C=O) groups excluding carboxylic acids is 2. The first-order valence-electron chi connectivity index (χ1n) is 14.7. The van der Waals surface area contributed by atoms with Gasteiger partial charge in [0.25, 0.3) is 0 Å². The van der Waals surface area contributed by atoms with Gasteiger partial charge in [0.15, 0.2) is 29.5 Å². The lowest BCUT2D eigenvalue weighted by Crippen LogP contribution is -2.31. The third kappa shape index (κ3) is 5.74. The van der Waals surface area contributed by atoms with Crippen LogP contribution in [0.5, 0.6) is 0 Å². The van der Waals surface area contributed by atoms with Gasteiger partial charge < -0.3 is 29.0 Å². The number of ether oxygens (including phenoxy) is 5. The van der Waals surface area contributed by atoms with E-state index in [9.17, 15) is 9.59 Å². The van der Waals surface area contributed by atoms with E-state index < -0.39 is 36.8 Å². The first-order chi connectivity index (χ1) is 21.6. The molecule has 1 aliphatic carbocycles. The van der Waals surface area contributed by atoms with Crippen molar-refractivity contribution in [2.24, 2.45) is 0 Å². The van der Waals surface area contributed by atoms with Crippen LogP contribution in [0, 0.1) is 0 Å². The van der Waals surface area contributed by atoms with Gasteiger partial charge in [-0.15, -0.1) is 0 Å². The SMILES string of the molecule is CCOC(=O)c1ccccc1COCC1OC(n2cnc3c(NC(=O)NC4CC4)ncnc32)C2O[C@@H](c3ccccc3)OC12. The summed E-state index contributed by atoms with van der Waals surface area (Å²) >= 11 is 0. The van der Waals surface area contributed by atoms with Crippen molar-refractivity contribution in [2.45, 2.75) is 63.2 Å². The lowest BCUT2D eigenvalue weighted by atomic mass is 10.1. The standard InChI is InChI=1S/C31H32N6O7/c1-2-41-29(38)21-11-7-6-10-19(21)14-40-15-22-24-25(44-30(43-24)18-8-4-3-5-9-18)28(42-22)37-17-34-23-26(32-16-33-27(23)37)36-31(39)35-20-12-13-20/h3-11,16-17,20,22,24-25,28,30H,2,12-15H2,1H3,(H2,32,33,35,36,39)/t22?,24?,25?,28?,30-/m0/s1. The molecule has 0 bridgehead atoms. The highest BCUT2D eigenvalue weighted by molar-refractivity contribution is 5.96. The summed E-state index contributed by atoms with van der Waals surface area (Å²) in [5, 5.41) is 5.67. The molecule has 4 unspecified atom stereocenters. The zero-order valence-corrected chi connectivity index (χ0v) is 24.0. The molecule has 2 aromatic carbocycles. The average molecular weight is 601 g/mol.